The lowest BCUT2D eigenvalue weighted by molar-refractivity contribution is -0.139. The number of carbonyl (C=O) groups is 2. The van der Waals surface area contributed by atoms with E-state index < -0.39 is 5.66 Å². The Morgan fingerprint density at radius 3 is 2.97 bits per heavy atom. The number of nitrogens with zero attached hydrogens (tertiary/aromatic N) is 1. The van der Waals surface area contributed by atoms with Crippen LogP contribution in [0, 0.1) is 24.2 Å². The monoisotopic (exact) mass is 394 g/mol. The number of fused-ring (bicyclic) bond motifs is 3. The number of hydrogen-bond donors (Lipinski definition) is 3. The second-order valence-corrected chi connectivity index (χ2v) is 9.03. The second-order valence-electron chi connectivity index (χ2n) is 9.03. The van der Waals surface area contributed by atoms with Crippen LogP contribution in [-0.4, -0.2) is 22.5 Å². The maximum atomic E-state index is 13.0. The summed E-state index contributed by atoms with van der Waals surface area (Å²) < 4.78 is 5.56. The normalized spacial score (nSPS) is 32.4. The van der Waals surface area contributed by atoms with Crippen LogP contribution in [0.3, 0.4) is 0 Å². The fourth-order valence-electron chi connectivity index (χ4n) is 5.60. The van der Waals surface area contributed by atoms with Crippen LogP contribution in [0.25, 0.3) is 0 Å². The van der Waals surface area contributed by atoms with E-state index in [9.17, 15) is 9.59 Å². The molecule has 4 aliphatic rings. The van der Waals surface area contributed by atoms with Crippen molar-refractivity contribution in [2.24, 2.45) is 17.3 Å². The van der Waals surface area contributed by atoms with E-state index in [1.54, 1.807) is 18.3 Å². The third-order valence-electron chi connectivity index (χ3n) is 7.08. The van der Waals surface area contributed by atoms with Crippen molar-refractivity contribution >= 4 is 17.6 Å². The lowest BCUT2D eigenvalue weighted by Gasteiger charge is -2.60. The molecule has 2 aromatic heterocycles. The molecule has 1 spiro atoms. The van der Waals surface area contributed by atoms with Gasteiger partial charge >= 0.3 is 0 Å². The largest absolute Gasteiger partial charge is 0.465 e. The molecule has 2 bridgehead atoms. The minimum Gasteiger partial charge on any atom is -0.465 e. The van der Waals surface area contributed by atoms with Crippen molar-refractivity contribution in [3.05, 3.63) is 47.5 Å². The molecule has 7 heteroatoms. The number of anilines is 1. The highest BCUT2D eigenvalue weighted by Gasteiger charge is 2.60. The summed E-state index contributed by atoms with van der Waals surface area (Å²) in [6, 6.07) is 7.35. The van der Waals surface area contributed by atoms with Gasteiger partial charge in [-0.1, -0.05) is 6.92 Å². The van der Waals surface area contributed by atoms with E-state index in [4.69, 9.17) is 4.42 Å². The standard InChI is InChI=1S/C22H26N4O3/c1-13-5-6-15(29-13)11-24-20(28)17-10-14-7-8-21(17,2)12-22(14)25-18-16(19(27)26-22)4-3-9-23-18/h3-6,9,14,17H,7-8,10-12H2,1-2H3,(H,23,25)(H,24,28)(H,26,27)/t14-,17-,21-,22+/m1/s1. The summed E-state index contributed by atoms with van der Waals surface area (Å²) in [6.07, 6.45) is 5.12. The van der Waals surface area contributed by atoms with Crippen molar-refractivity contribution in [1.29, 1.82) is 0 Å². The Morgan fingerprint density at radius 1 is 1.34 bits per heavy atom. The Labute approximate surface area is 169 Å². The van der Waals surface area contributed by atoms with E-state index in [1.165, 1.54) is 0 Å². The van der Waals surface area contributed by atoms with Gasteiger partial charge in [-0.3, -0.25) is 9.59 Å². The molecule has 3 N–H and O–H groups in total. The minimum atomic E-state index is -0.527. The SMILES string of the molecule is Cc1ccc(CNC(=O)[C@H]2C[C@H]3CC[C@]2(C)C[C@]32NC(=O)c3cccnc3N2)o1. The van der Waals surface area contributed by atoms with E-state index in [1.807, 2.05) is 19.1 Å². The lowest BCUT2D eigenvalue weighted by Crippen LogP contribution is -2.70. The van der Waals surface area contributed by atoms with Gasteiger partial charge in [-0.05, 0) is 62.3 Å². The third kappa shape index (κ3) is 2.91. The lowest BCUT2D eigenvalue weighted by atomic mass is 9.51. The van der Waals surface area contributed by atoms with Gasteiger partial charge in [-0.15, -0.1) is 0 Å². The van der Waals surface area contributed by atoms with Gasteiger partial charge in [0.25, 0.3) is 5.91 Å². The average molecular weight is 394 g/mol. The molecule has 3 aliphatic carbocycles. The first kappa shape index (κ1) is 18.2. The van der Waals surface area contributed by atoms with E-state index in [2.05, 4.69) is 27.9 Å². The zero-order valence-corrected chi connectivity index (χ0v) is 16.7. The van der Waals surface area contributed by atoms with Gasteiger partial charge in [-0.25, -0.2) is 4.98 Å². The van der Waals surface area contributed by atoms with Crippen LogP contribution in [-0.2, 0) is 11.3 Å². The molecular weight excluding hydrogens is 368 g/mol. The van der Waals surface area contributed by atoms with Crippen molar-refractivity contribution in [2.75, 3.05) is 5.32 Å². The van der Waals surface area contributed by atoms with Crippen LogP contribution in [0.1, 0.15) is 54.5 Å². The molecule has 3 saturated carbocycles. The van der Waals surface area contributed by atoms with Crippen molar-refractivity contribution in [3.63, 3.8) is 0 Å². The highest BCUT2D eigenvalue weighted by atomic mass is 16.3. The van der Waals surface area contributed by atoms with Gasteiger partial charge in [0.05, 0.1) is 12.1 Å². The fourth-order valence-corrected chi connectivity index (χ4v) is 5.60. The number of aromatic nitrogens is 1. The quantitative estimate of drug-likeness (QED) is 0.744. The molecule has 1 aliphatic heterocycles. The van der Waals surface area contributed by atoms with Crippen molar-refractivity contribution < 1.29 is 14.0 Å². The average Bonchev–Trinajstić information content (AvgIpc) is 3.11. The minimum absolute atomic E-state index is 0.0711. The molecule has 0 saturated heterocycles. The van der Waals surface area contributed by atoms with Crippen LogP contribution < -0.4 is 16.0 Å². The van der Waals surface area contributed by atoms with E-state index in [0.29, 0.717) is 24.3 Å². The highest BCUT2D eigenvalue weighted by molar-refractivity contribution is 6.01. The van der Waals surface area contributed by atoms with E-state index in [-0.39, 0.29) is 29.1 Å². The van der Waals surface area contributed by atoms with Gasteiger partial charge in [0, 0.05) is 18.0 Å². The Bertz CT molecular complexity index is 986. The van der Waals surface area contributed by atoms with Gasteiger partial charge in [0.15, 0.2) is 0 Å². The number of rotatable bonds is 3. The zero-order valence-electron chi connectivity index (χ0n) is 16.7. The molecule has 2 aromatic rings. The zero-order chi connectivity index (χ0) is 20.2. The molecule has 0 aromatic carbocycles. The Kier molecular flexibility index (Phi) is 3.98. The first-order valence-electron chi connectivity index (χ1n) is 10.3. The second kappa shape index (κ2) is 6.34. The number of carbonyl (C=O) groups excluding carboxylic acids is 2. The molecule has 7 nitrogen and oxygen atoms in total. The van der Waals surface area contributed by atoms with Crippen LogP contribution in [0.4, 0.5) is 5.82 Å². The molecule has 0 unspecified atom stereocenters. The number of pyridine rings is 1. The topological polar surface area (TPSA) is 96.3 Å². The Balaban J connectivity index is 1.35. The van der Waals surface area contributed by atoms with Gasteiger partial charge in [0.1, 0.15) is 23.0 Å². The molecule has 2 amide bonds. The maximum absolute atomic E-state index is 13.0. The van der Waals surface area contributed by atoms with E-state index in [0.717, 1.165) is 30.8 Å². The summed E-state index contributed by atoms with van der Waals surface area (Å²) in [4.78, 5) is 30.2. The summed E-state index contributed by atoms with van der Waals surface area (Å²) in [7, 11) is 0. The molecule has 152 valence electrons. The Morgan fingerprint density at radius 2 is 2.21 bits per heavy atom. The van der Waals surface area contributed by atoms with Crippen molar-refractivity contribution in [3.8, 4) is 0 Å². The summed E-state index contributed by atoms with van der Waals surface area (Å²) in [5, 5.41) is 9.81. The number of aryl methyl sites for hydroxylation is 1. The third-order valence-corrected chi connectivity index (χ3v) is 7.08. The number of furan rings is 1. The highest BCUT2D eigenvalue weighted by Crippen LogP contribution is 2.58. The van der Waals surface area contributed by atoms with Gasteiger partial charge < -0.3 is 20.4 Å². The van der Waals surface area contributed by atoms with Crippen LogP contribution in [0.5, 0.6) is 0 Å². The van der Waals surface area contributed by atoms with Crippen LogP contribution in [0.15, 0.2) is 34.9 Å². The number of nitrogens with one attached hydrogen (secondary N) is 3. The van der Waals surface area contributed by atoms with Crippen molar-refractivity contribution in [2.45, 2.75) is 51.7 Å². The predicted molar refractivity (Wildman–Crippen MR) is 107 cm³/mol. The summed E-state index contributed by atoms with van der Waals surface area (Å²) in [6.45, 7) is 4.47. The first-order valence-corrected chi connectivity index (χ1v) is 10.3. The molecule has 6 rings (SSSR count). The first-order chi connectivity index (χ1) is 13.9. The molecule has 3 fully saturated rings. The number of hydrogen-bond acceptors (Lipinski definition) is 5. The Hall–Kier alpha value is -2.83. The van der Waals surface area contributed by atoms with Gasteiger partial charge in [-0.2, -0.15) is 0 Å². The summed E-state index contributed by atoms with van der Waals surface area (Å²) in [5.41, 5.74) is -0.141. The van der Waals surface area contributed by atoms with E-state index >= 15 is 0 Å². The fraction of sp³-hybridized carbons (Fsp3) is 0.500. The molecule has 0 radical (unpaired) electrons. The molecular formula is C22H26N4O3. The van der Waals surface area contributed by atoms with Crippen molar-refractivity contribution in [1.82, 2.24) is 15.6 Å². The molecule has 4 atom stereocenters. The van der Waals surface area contributed by atoms with Crippen LogP contribution in [0.2, 0.25) is 0 Å². The maximum Gasteiger partial charge on any atom is 0.256 e. The number of amides is 2. The van der Waals surface area contributed by atoms with Gasteiger partial charge in [0.2, 0.25) is 5.91 Å². The van der Waals surface area contributed by atoms with Crippen LogP contribution >= 0.6 is 0 Å². The summed E-state index contributed by atoms with van der Waals surface area (Å²) >= 11 is 0. The predicted octanol–water partition coefficient (Wildman–Crippen LogP) is 2.98. The molecule has 29 heavy (non-hydrogen) atoms. The smallest absolute Gasteiger partial charge is 0.256 e. The summed E-state index contributed by atoms with van der Waals surface area (Å²) in [5.74, 6) is 2.34. The molecule has 3 heterocycles.